The van der Waals surface area contributed by atoms with E-state index in [1.165, 1.54) is 17.3 Å². The van der Waals surface area contributed by atoms with Crippen LogP contribution in [-0.2, 0) is 16.3 Å². The van der Waals surface area contributed by atoms with E-state index in [2.05, 4.69) is 17.4 Å². The molecule has 4 nitrogen and oxygen atoms in total. The van der Waals surface area contributed by atoms with Crippen molar-refractivity contribution in [3.63, 3.8) is 0 Å². The molecule has 2 aromatic rings. The molecule has 1 N–H and O–H groups in total. The minimum atomic E-state index is -2.91. The van der Waals surface area contributed by atoms with Crippen LogP contribution in [0.1, 0.15) is 35.2 Å². The van der Waals surface area contributed by atoms with E-state index >= 15 is 0 Å². The van der Waals surface area contributed by atoms with Crippen molar-refractivity contribution in [1.29, 1.82) is 0 Å². The Balaban J connectivity index is 1.48. The molecule has 0 bridgehead atoms. The Kier molecular flexibility index (Phi) is 6.96. The summed E-state index contributed by atoms with van der Waals surface area (Å²) in [6.07, 6.45) is 3.62. The first-order valence-corrected chi connectivity index (χ1v) is 12.0. The molecule has 1 atom stereocenters. The maximum absolute atomic E-state index is 12.6. The van der Waals surface area contributed by atoms with Crippen LogP contribution < -0.4 is 5.32 Å². The van der Waals surface area contributed by atoms with Gasteiger partial charge in [-0.25, -0.2) is 8.42 Å². The zero-order valence-corrected chi connectivity index (χ0v) is 16.9. The summed E-state index contributed by atoms with van der Waals surface area (Å²) in [5.41, 5.74) is 1.95. The molecule has 1 fully saturated rings. The van der Waals surface area contributed by atoms with Gasteiger partial charge in [-0.15, -0.1) is 11.8 Å². The zero-order valence-electron chi connectivity index (χ0n) is 15.3. The third-order valence-electron chi connectivity index (χ3n) is 4.64. The normalized spacial score (nSPS) is 18.3. The molecule has 1 saturated heterocycles. The van der Waals surface area contributed by atoms with Crippen molar-refractivity contribution >= 4 is 27.5 Å². The molecular formula is C21H25NO3S2. The summed E-state index contributed by atoms with van der Waals surface area (Å²) < 4.78 is 23.3. The highest BCUT2D eigenvalue weighted by atomic mass is 32.2. The summed E-state index contributed by atoms with van der Waals surface area (Å²) in [5, 5.41) is 3.03. The smallest absolute Gasteiger partial charge is 0.252 e. The summed E-state index contributed by atoms with van der Waals surface area (Å²) in [6, 6.07) is 17.8. The molecule has 0 aromatic heterocycles. The first-order valence-electron chi connectivity index (χ1n) is 9.32. The Labute approximate surface area is 165 Å². The molecular weight excluding hydrogens is 378 g/mol. The van der Waals surface area contributed by atoms with E-state index in [1.807, 2.05) is 42.5 Å². The molecule has 2 aromatic carbocycles. The van der Waals surface area contributed by atoms with Crippen LogP contribution in [0.15, 0.2) is 59.5 Å². The topological polar surface area (TPSA) is 63.2 Å². The van der Waals surface area contributed by atoms with Crippen LogP contribution in [0.4, 0.5) is 0 Å². The number of thioether (sulfide) groups is 1. The van der Waals surface area contributed by atoms with Gasteiger partial charge in [-0.3, -0.25) is 4.79 Å². The highest BCUT2D eigenvalue weighted by Crippen LogP contribution is 2.33. The number of hydrogen-bond donors (Lipinski definition) is 1. The molecule has 1 amide bonds. The van der Waals surface area contributed by atoms with Crippen LogP contribution in [0, 0.1) is 0 Å². The molecule has 0 aliphatic carbocycles. The van der Waals surface area contributed by atoms with E-state index < -0.39 is 9.84 Å². The van der Waals surface area contributed by atoms with Crippen molar-refractivity contribution in [2.75, 3.05) is 18.1 Å². The molecule has 3 rings (SSSR count). The predicted octanol–water partition coefficient (Wildman–Crippen LogP) is 3.72. The second-order valence-corrected chi connectivity index (χ2v) is 10.4. The Morgan fingerprint density at radius 3 is 2.52 bits per heavy atom. The maximum Gasteiger partial charge on any atom is 0.252 e. The van der Waals surface area contributed by atoms with Gasteiger partial charge in [-0.05, 0) is 43.4 Å². The van der Waals surface area contributed by atoms with Gasteiger partial charge < -0.3 is 5.32 Å². The highest BCUT2D eigenvalue weighted by Gasteiger charge is 2.29. The van der Waals surface area contributed by atoms with Gasteiger partial charge in [0.05, 0.1) is 17.1 Å². The van der Waals surface area contributed by atoms with Crippen LogP contribution in [0.3, 0.4) is 0 Å². The van der Waals surface area contributed by atoms with E-state index in [9.17, 15) is 13.2 Å². The molecule has 0 spiro atoms. The lowest BCUT2D eigenvalue weighted by atomic mass is 10.1. The van der Waals surface area contributed by atoms with Crippen molar-refractivity contribution in [3.8, 4) is 0 Å². The van der Waals surface area contributed by atoms with E-state index in [0.29, 0.717) is 18.5 Å². The number of unbranched alkanes of at least 4 members (excludes halogenated alkanes) is 1. The minimum absolute atomic E-state index is 0.0369. The highest BCUT2D eigenvalue weighted by molar-refractivity contribution is 8.02. The molecule has 0 saturated carbocycles. The number of hydrogen-bond acceptors (Lipinski definition) is 4. The Morgan fingerprint density at radius 1 is 1.04 bits per heavy atom. The molecule has 144 valence electrons. The zero-order chi connectivity index (χ0) is 19.1. The molecule has 1 heterocycles. The van der Waals surface area contributed by atoms with Crippen molar-refractivity contribution in [2.24, 2.45) is 0 Å². The fourth-order valence-corrected chi connectivity index (χ4v) is 6.81. The number of rotatable bonds is 8. The second kappa shape index (κ2) is 9.42. The number of sulfone groups is 1. The number of carbonyl (C=O) groups excluding carboxylic acids is 1. The van der Waals surface area contributed by atoms with Crippen LogP contribution in [0.25, 0.3) is 0 Å². The second-order valence-electron chi connectivity index (χ2n) is 6.84. The lowest BCUT2D eigenvalue weighted by Gasteiger charge is -2.12. The van der Waals surface area contributed by atoms with Gasteiger partial charge in [-0.2, -0.15) is 0 Å². The summed E-state index contributed by atoms with van der Waals surface area (Å²) in [7, 11) is -2.91. The third-order valence-corrected chi connectivity index (χ3v) is 7.96. The molecule has 1 unspecified atom stereocenters. The first kappa shape index (κ1) is 20.0. The van der Waals surface area contributed by atoms with Gasteiger partial charge in [0, 0.05) is 16.7 Å². The average molecular weight is 404 g/mol. The Hall–Kier alpha value is -1.79. The predicted molar refractivity (Wildman–Crippen MR) is 111 cm³/mol. The fourth-order valence-electron chi connectivity index (χ4n) is 3.19. The number of carbonyl (C=O) groups is 1. The lowest BCUT2D eigenvalue weighted by molar-refractivity contribution is 0.0950. The molecule has 27 heavy (non-hydrogen) atoms. The summed E-state index contributed by atoms with van der Waals surface area (Å²) in [5.74, 6) is 0.367. The van der Waals surface area contributed by atoms with E-state index in [-0.39, 0.29) is 22.7 Å². The van der Waals surface area contributed by atoms with E-state index in [1.54, 1.807) is 0 Å². The molecule has 0 radical (unpaired) electrons. The largest absolute Gasteiger partial charge is 0.352 e. The Bertz CT molecular complexity index is 866. The van der Waals surface area contributed by atoms with Gasteiger partial charge in [0.2, 0.25) is 0 Å². The first-order chi connectivity index (χ1) is 13.0. The quantitative estimate of drug-likeness (QED) is 0.683. The third kappa shape index (κ3) is 6.11. The average Bonchev–Trinajstić information content (AvgIpc) is 3.01. The molecule has 6 heteroatoms. The number of aryl methyl sites for hydroxylation is 1. The van der Waals surface area contributed by atoms with Crippen molar-refractivity contribution in [3.05, 3.63) is 65.7 Å². The molecule has 1 aliphatic rings. The molecule has 1 aliphatic heterocycles. The number of amides is 1. The van der Waals surface area contributed by atoms with Crippen LogP contribution in [0.5, 0.6) is 0 Å². The van der Waals surface area contributed by atoms with Crippen LogP contribution >= 0.6 is 11.8 Å². The van der Waals surface area contributed by atoms with Crippen molar-refractivity contribution in [2.45, 2.75) is 35.8 Å². The van der Waals surface area contributed by atoms with E-state index in [4.69, 9.17) is 0 Å². The lowest BCUT2D eigenvalue weighted by Crippen LogP contribution is -2.25. The minimum Gasteiger partial charge on any atom is -0.352 e. The summed E-state index contributed by atoms with van der Waals surface area (Å²) in [6.45, 7) is 0.641. The van der Waals surface area contributed by atoms with Crippen LogP contribution in [0.2, 0.25) is 0 Å². The van der Waals surface area contributed by atoms with Gasteiger partial charge in [0.25, 0.3) is 5.91 Å². The van der Waals surface area contributed by atoms with Crippen LogP contribution in [-0.4, -0.2) is 37.6 Å². The SMILES string of the molecule is O=C(NCCCCc1ccccc1)c1ccccc1SC1CCS(=O)(=O)C1. The Morgan fingerprint density at radius 2 is 1.78 bits per heavy atom. The van der Waals surface area contributed by atoms with Gasteiger partial charge in [0.1, 0.15) is 0 Å². The maximum atomic E-state index is 12.6. The van der Waals surface area contributed by atoms with Gasteiger partial charge >= 0.3 is 0 Å². The summed E-state index contributed by atoms with van der Waals surface area (Å²) >= 11 is 1.51. The standard InChI is InChI=1S/C21H25NO3S2/c23-21(22-14-7-6-10-17-8-2-1-3-9-17)19-11-4-5-12-20(19)26-18-13-15-27(24,25)16-18/h1-5,8-9,11-12,18H,6-7,10,13-16H2,(H,22,23). The van der Waals surface area contributed by atoms with Crippen molar-refractivity contribution in [1.82, 2.24) is 5.32 Å². The number of nitrogens with one attached hydrogen (secondary N) is 1. The monoisotopic (exact) mass is 403 g/mol. The van der Waals surface area contributed by atoms with Gasteiger partial charge in [-0.1, -0.05) is 42.5 Å². The van der Waals surface area contributed by atoms with E-state index in [0.717, 1.165) is 24.2 Å². The number of benzene rings is 2. The summed E-state index contributed by atoms with van der Waals surface area (Å²) in [4.78, 5) is 13.4. The van der Waals surface area contributed by atoms with Gasteiger partial charge in [0.15, 0.2) is 9.84 Å². The fraction of sp³-hybridized carbons (Fsp3) is 0.381. The van der Waals surface area contributed by atoms with Crippen molar-refractivity contribution < 1.29 is 13.2 Å².